The number of nitrogens with zero attached hydrogens (tertiary/aromatic N) is 1. The molecule has 0 atom stereocenters. The first-order chi connectivity index (χ1) is 9.63. The van der Waals surface area contributed by atoms with Crippen LogP contribution in [-0.4, -0.2) is 38.1 Å². The van der Waals surface area contributed by atoms with Crippen molar-refractivity contribution in [2.45, 2.75) is 19.4 Å². The van der Waals surface area contributed by atoms with Gasteiger partial charge in [-0.3, -0.25) is 9.69 Å². The lowest BCUT2D eigenvalue weighted by Crippen LogP contribution is -2.38. The van der Waals surface area contributed by atoms with Crippen LogP contribution in [-0.2, 0) is 11.3 Å². The molecule has 0 unspecified atom stereocenters. The molecule has 0 aromatic heterocycles. The molecule has 0 saturated carbocycles. The highest BCUT2D eigenvalue weighted by Crippen LogP contribution is 2.28. The Morgan fingerprint density at radius 2 is 1.90 bits per heavy atom. The van der Waals surface area contributed by atoms with Gasteiger partial charge in [0, 0.05) is 12.5 Å². The Hall–Kier alpha value is -1.75. The van der Waals surface area contributed by atoms with Crippen molar-refractivity contribution in [2.24, 2.45) is 11.7 Å². The minimum atomic E-state index is -0.171. The van der Waals surface area contributed by atoms with Gasteiger partial charge in [-0.05, 0) is 43.6 Å². The molecule has 2 rings (SSSR count). The van der Waals surface area contributed by atoms with Crippen molar-refractivity contribution in [3.05, 3.63) is 23.8 Å². The quantitative estimate of drug-likeness (QED) is 0.884. The van der Waals surface area contributed by atoms with Crippen LogP contribution in [0.25, 0.3) is 0 Å². The smallest absolute Gasteiger partial charge is 0.220 e. The van der Waals surface area contributed by atoms with E-state index in [1.807, 2.05) is 18.2 Å². The molecule has 1 aromatic rings. The number of ether oxygens (including phenoxy) is 2. The van der Waals surface area contributed by atoms with Gasteiger partial charge in [-0.25, -0.2) is 0 Å². The maximum atomic E-state index is 11.1. The third kappa shape index (κ3) is 3.42. The Morgan fingerprint density at radius 3 is 2.45 bits per heavy atom. The average molecular weight is 278 g/mol. The summed E-state index contributed by atoms with van der Waals surface area (Å²) in [5, 5.41) is 0. The zero-order chi connectivity index (χ0) is 14.5. The molecule has 1 aromatic carbocycles. The molecule has 1 heterocycles. The Bertz CT molecular complexity index is 468. The van der Waals surface area contributed by atoms with Gasteiger partial charge in [0.05, 0.1) is 14.2 Å². The van der Waals surface area contributed by atoms with Gasteiger partial charge in [0.15, 0.2) is 11.5 Å². The van der Waals surface area contributed by atoms with Gasteiger partial charge >= 0.3 is 0 Å². The second kappa shape index (κ2) is 6.61. The number of methoxy groups -OCH3 is 2. The number of hydrogen-bond acceptors (Lipinski definition) is 4. The third-order valence-corrected chi connectivity index (χ3v) is 3.84. The fourth-order valence-corrected chi connectivity index (χ4v) is 2.61. The van der Waals surface area contributed by atoms with Crippen LogP contribution in [0.2, 0.25) is 0 Å². The van der Waals surface area contributed by atoms with Crippen LogP contribution in [0.5, 0.6) is 11.5 Å². The summed E-state index contributed by atoms with van der Waals surface area (Å²) in [5.74, 6) is 1.35. The van der Waals surface area contributed by atoms with Crippen molar-refractivity contribution >= 4 is 5.91 Å². The number of nitrogens with two attached hydrogens (primary N) is 1. The van der Waals surface area contributed by atoms with Crippen LogP contribution in [0.1, 0.15) is 18.4 Å². The summed E-state index contributed by atoms with van der Waals surface area (Å²) in [4.78, 5) is 13.5. The van der Waals surface area contributed by atoms with Gasteiger partial charge in [-0.2, -0.15) is 0 Å². The molecular formula is C15H22N2O3. The zero-order valence-corrected chi connectivity index (χ0v) is 12.1. The zero-order valence-electron chi connectivity index (χ0n) is 12.1. The third-order valence-electron chi connectivity index (χ3n) is 3.84. The number of carbonyl (C=O) groups is 1. The molecule has 1 aliphatic heterocycles. The minimum Gasteiger partial charge on any atom is -0.493 e. The number of likely N-dealkylation sites (tertiary alicyclic amines) is 1. The maximum Gasteiger partial charge on any atom is 0.220 e. The summed E-state index contributed by atoms with van der Waals surface area (Å²) in [7, 11) is 3.27. The van der Waals surface area contributed by atoms with E-state index in [9.17, 15) is 4.79 Å². The van der Waals surface area contributed by atoms with Gasteiger partial charge in [0.2, 0.25) is 5.91 Å². The lowest BCUT2D eigenvalue weighted by atomic mass is 9.96. The summed E-state index contributed by atoms with van der Waals surface area (Å²) >= 11 is 0. The number of benzene rings is 1. The monoisotopic (exact) mass is 278 g/mol. The van der Waals surface area contributed by atoms with Crippen LogP contribution >= 0.6 is 0 Å². The average Bonchev–Trinajstić information content (AvgIpc) is 2.47. The summed E-state index contributed by atoms with van der Waals surface area (Å²) in [6.07, 6.45) is 1.70. The van der Waals surface area contributed by atoms with E-state index in [-0.39, 0.29) is 11.8 Å². The SMILES string of the molecule is COc1ccc(CN2CCC(C(N)=O)CC2)cc1OC. The minimum absolute atomic E-state index is 0.0386. The number of piperidine rings is 1. The number of rotatable bonds is 5. The first-order valence-corrected chi connectivity index (χ1v) is 6.86. The van der Waals surface area contributed by atoms with Crippen molar-refractivity contribution in [1.82, 2.24) is 4.90 Å². The van der Waals surface area contributed by atoms with E-state index in [2.05, 4.69) is 4.90 Å². The second-order valence-electron chi connectivity index (χ2n) is 5.14. The Labute approximate surface area is 119 Å². The van der Waals surface area contributed by atoms with Crippen LogP contribution in [0, 0.1) is 5.92 Å². The van der Waals surface area contributed by atoms with Crippen LogP contribution in [0.4, 0.5) is 0 Å². The molecule has 0 spiro atoms. The van der Waals surface area contributed by atoms with E-state index >= 15 is 0 Å². The first-order valence-electron chi connectivity index (χ1n) is 6.86. The number of hydrogen-bond donors (Lipinski definition) is 1. The van der Waals surface area contributed by atoms with Gasteiger partial charge in [0.25, 0.3) is 0 Å². The first kappa shape index (κ1) is 14.7. The van der Waals surface area contributed by atoms with Crippen LogP contribution in [0.15, 0.2) is 18.2 Å². The van der Waals surface area contributed by atoms with E-state index in [4.69, 9.17) is 15.2 Å². The van der Waals surface area contributed by atoms with E-state index in [1.165, 1.54) is 5.56 Å². The summed E-state index contributed by atoms with van der Waals surface area (Å²) in [6, 6.07) is 5.96. The van der Waals surface area contributed by atoms with Gasteiger partial charge in [-0.1, -0.05) is 6.07 Å². The number of carbonyl (C=O) groups excluding carboxylic acids is 1. The highest BCUT2D eigenvalue weighted by molar-refractivity contribution is 5.76. The standard InChI is InChI=1S/C15H22N2O3/c1-19-13-4-3-11(9-14(13)20-2)10-17-7-5-12(6-8-17)15(16)18/h3-4,9,12H,5-8,10H2,1-2H3,(H2,16,18). The Kier molecular flexibility index (Phi) is 4.84. The van der Waals surface area contributed by atoms with Crippen LogP contribution < -0.4 is 15.2 Å². The fourth-order valence-electron chi connectivity index (χ4n) is 2.61. The lowest BCUT2D eigenvalue weighted by molar-refractivity contribution is -0.123. The normalized spacial score (nSPS) is 16.9. The molecule has 1 aliphatic rings. The van der Waals surface area contributed by atoms with Crippen molar-refractivity contribution in [1.29, 1.82) is 0 Å². The Morgan fingerprint density at radius 1 is 1.25 bits per heavy atom. The second-order valence-corrected chi connectivity index (χ2v) is 5.14. The molecule has 5 heteroatoms. The molecule has 2 N–H and O–H groups in total. The van der Waals surface area contributed by atoms with Crippen molar-refractivity contribution in [2.75, 3.05) is 27.3 Å². The molecule has 0 aliphatic carbocycles. The fraction of sp³-hybridized carbons (Fsp3) is 0.533. The molecule has 5 nitrogen and oxygen atoms in total. The van der Waals surface area contributed by atoms with Crippen molar-refractivity contribution in [3.63, 3.8) is 0 Å². The number of amides is 1. The van der Waals surface area contributed by atoms with Gasteiger partial charge in [-0.15, -0.1) is 0 Å². The summed E-state index contributed by atoms with van der Waals surface area (Å²) < 4.78 is 10.5. The van der Waals surface area contributed by atoms with Crippen molar-refractivity contribution in [3.8, 4) is 11.5 Å². The molecule has 1 saturated heterocycles. The maximum absolute atomic E-state index is 11.1. The van der Waals surface area contributed by atoms with E-state index in [0.29, 0.717) is 0 Å². The van der Waals surface area contributed by atoms with E-state index < -0.39 is 0 Å². The van der Waals surface area contributed by atoms with E-state index in [1.54, 1.807) is 14.2 Å². The van der Waals surface area contributed by atoms with E-state index in [0.717, 1.165) is 44.0 Å². The predicted molar refractivity (Wildman–Crippen MR) is 76.7 cm³/mol. The van der Waals surface area contributed by atoms with Gasteiger partial charge < -0.3 is 15.2 Å². The molecule has 0 radical (unpaired) electrons. The summed E-state index contributed by atoms with van der Waals surface area (Å²) in [5.41, 5.74) is 6.53. The highest BCUT2D eigenvalue weighted by Gasteiger charge is 2.23. The topological polar surface area (TPSA) is 64.8 Å². The lowest BCUT2D eigenvalue weighted by Gasteiger charge is -2.30. The molecular weight excluding hydrogens is 256 g/mol. The van der Waals surface area contributed by atoms with Gasteiger partial charge in [0.1, 0.15) is 0 Å². The molecule has 110 valence electrons. The predicted octanol–water partition coefficient (Wildman–Crippen LogP) is 1.40. The molecule has 1 amide bonds. The highest BCUT2D eigenvalue weighted by atomic mass is 16.5. The number of primary amides is 1. The Balaban J connectivity index is 1.96. The largest absolute Gasteiger partial charge is 0.493 e. The molecule has 1 fully saturated rings. The van der Waals surface area contributed by atoms with Crippen molar-refractivity contribution < 1.29 is 14.3 Å². The molecule has 0 bridgehead atoms. The van der Waals surface area contributed by atoms with Crippen LogP contribution in [0.3, 0.4) is 0 Å². The molecule has 20 heavy (non-hydrogen) atoms. The summed E-state index contributed by atoms with van der Waals surface area (Å²) in [6.45, 7) is 2.66.